The van der Waals surface area contributed by atoms with Crippen molar-refractivity contribution in [1.82, 2.24) is 9.78 Å². The summed E-state index contributed by atoms with van der Waals surface area (Å²) in [6.45, 7) is 2.00. The molecular weight excluding hydrogens is 369 g/mol. The Balaban J connectivity index is 2.08. The Hall–Kier alpha value is -2.42. The van der Waals surface area contributed by atoms with Crippen molar-refractivity contribution >= 4 is 33.5 Å². The molecule has 1 aromatic heterocycles. The van der Waals surface area contributed by atoms with Crippen LogP contribution in [-0.4, -0.2) is 26.8 Å². The van der Waals surface area contributed by atoms with E-state index in [9.17, 15) is 9.18 Å². The fourth-order valence-corrected chi connectivity index (χ4v) is 3.17. The van der Waals surface area contributed by atoms with Gasteiger partial charge in [-0.1, -0.05) is 0 Å². The second kappa shape index (κ2) is 5.34. The zero-order chi connectivity index (χ0) is 16.8. The van der Waals surface area contributed by atoms with Crippen molar-refractivity contribution in [2.24, 2.45) is 10.7 Å². The molecule has 1 amide bonds. The Bertz CT molecular complexity index is 835. The number of nitrogens with two attached hydrogens (primary N) is 1. The summed E-state index contributed by atoms with van der Waals surface area (Å²) in [5.41, 5.74) is 6.14. The lowest BCUT2D eigenvalue weighted by atomic mass is 9.90. The van der Waals surface area contributed by atoms with Crippen LogP contribution in [0, 0.1) is 5.82 Å². The number of carboxylic acid groups (broad SMARTS) is 1. The summed E-state index contributed by atoms with van der Waals surface area (Å²) in [6, 6.07) is 3.97. The largest absolute Gasteiger partial charge is 0.465 e. The van der Waals surface area contributed by atoms with Gasteiger partial charge in [-0.05, 0) is 41.1 Å². The lowest BCUT2D eigenvalue weighted by Gasteiger charge is -2.31. The minimum absolute atomic E-state index is 0.235. The summed E-state index contributed by atoms with van der Waals surface area (Å²) < 4.78 is 16.7. The van der Waals surface area contributed by atoms with Crippen LogP contribution in [-0.2, 0) is 12.1 Å². The van der Waals surface area contributed by atoms with Gasteiger partial charge in [0.05, 0.1) is 17.2 Å². The summed E-state index contributed by atoms with van der Waals surface area (Å²) in [5.74, 6) is -0.256. The molecule has 1 aliphatic rings. The van der Waals surface area contributed by atoms with Crippen LogP contribution in [0.2, 0.25) is 0 Å². The van der Waals surface area contributed by atoms with Crippen molar-refractivity contribution in [3.8, 4) is 0 Å². The van der Waals surface area contributed by atoms with Gasteiger partial charge in [-0.25, -0.2) is 9.18 Å². The van der Waals surface area contributed by atoms with Gasteiger partial charge in [-0.15, -0.1) is 0 Å². The maximum atomic E-state index is 14.3. The normalized spacial score (nSPS) is 19.9. The topological polar surface area (TPSA) is 106 Å². The molecule has 0 spiro atoms. The number of aromatic nitrogens is 2. The molecule has 7 nitrogen and oxygen atoms in total. The third-order valence-electron chi connectivity index (χ3n) is 3.66. The molecule has 9 heteroatoms. The average molecular weight is 382 g/mol. The molecule has 23 heavy (non-hydrogen) atoms. The number of anilines is 1. The Morgan fingerprint density at radius 1 is 1.57 bits per heavy atom. The second-order valence-corrected chi connectivity index (χ2v) is 6.25. The first kappa shape index (κ1) is 15.5. The number of amidine groups is 1. The number of carbonyl (C=O) groups is 1. The highest BCUT2D eigenvalue weighted by Gasteiger charge is 2.36. The highest BCUT2D eigenvalue weighted by molar-refractivity contribution is 9.10. The molecule has 0 fully saturated rings. The quantitative estimate of drug-likeness (QED) is 0.742. The number of nitrogens with one attached hydrogen (secondary N) is 1. The molecule has 1 atom stereocenters. The molecule has 0 saturated heterocycles. The van der Waals surface area contributed by atoms with Crippen molar-refractivity contribution < 1.29 is 14.3 Å². The summed E-state index contributed by atoms with van der Waals surface area (Å²) in [6.07, 6.45) is 0.375. The number of benzene rings is 1. The third-order valence-corrected chi connectivity index (χ3v) is 4.24. The smallest absolute Gasteiger partial charge is 0.409 e. The van der Waals surface area contributed by atoms with Crippen molar-refractivity contribution in [3.63, 3.8) is 0 Å². The predicted molar refractivity (Wildman–Crippen MR) is 86.1 cm³/mol. The zero-order valence-electron chi connectivity index (χ0n) is 12.0. The molecule has 1 unspecified atom stereocenters. The second-order valence-electron chi connectivity index (χ2n) is 5.39. The number of rotatable bonds is 2. The Labute approximate surface area is 139 Å². The van der Waals surface area contributed by atoms with Crippen LogP contribution in [0.1, 0.15) is 18.2 Å². The molecule has 2 heterocycles. The molecule has 120 valence electrons. The maximum Gasteiger partial charge on any atom is 0.409 e. The lowest BCUT2D eigenvalue weighted by Crippen LogP contribution is -2.38. The predicted octanol–water partition coefficient (Wildman–Crippen LogP) is 2.51. The van der Waals surface area contributed by atoms with Gasteiger partial charge in [0.25, 0.3) is 0 Å². The molecule has 3 rings (SSSR count). The number of halogens is 2. The van der Waals surface area contributed by atoms with Crippen molar-refractivity contribution in [2.75, 3.05) is 5.32 Å². The minimum atomic E-state index is -1.22. The van der Waals surface area contributed by atoms with E-state index in [4.69, 9.17) is 10.8 Å². The highest BCUT2D eigenvalue weighted by atomic mass is 79.9. The van der Waals surface area contributed by atoms with Crippen LogP contribution < -0.4 is 11.1 Å². The number of amides is 1. The summed E-state index contributed by atoms with van der Waals surface area (Å²) in [4.78, 5) is 15.2. The Morgan fingerprint density at radius 2 is 2.30 bits per heavy atom. The number of fused-ring (bicyclic) bond motifs is 1. The SMILES string of the molecule is CC1(c2cc(NC(=O)O)ccc2F)Cn2ncc(Br)c2C(N)=N1. The van der Waals surface area contributed by atoms with E-state index >= 15 is 0 Å². The van der Waals surface area contributed by atoms with Crippen LogP contribution in [0.3, 0.4) is 0 Å². The van der Waals surface area contributed by atoms with Crippen molar-refractivity contribution in [3.05, 3.63) is 45.9 Å². The van der Waals surface area contributed by atoms with E-state index in [2.05, 4.69) is 31.3 Å². The Kier molecular flexibility index (Phi) is 3.59. The van der Waals surface area contributed by atoms with Gasteiger partial charge in [0.1, 0.15) is 22.9 Å². The number of hydrogen-bond donors (Lipinski definition) is 3. The molecule has 0 bridgehead atoms. The van der Waals surface area contributed by atoms with E-state index < -0.39 is 17.4 Å². The van der Waals surface area contributed by atoms with Gasteiger partial charge < -0.3 is 10.8 Å². The molecule has 4 N–H and O–H groups in total. The van der Waals surface area contributed by atoms with Gasteiger partial charge >= 0.3 is 6.09 Å². The van der Waals surface area contributed by atoms with Crippen LogP contribution in [0.4, 0.5) is 14.9 Å². The molecular formula is C14H13BrFN5O2. The number of nitrogens with zero attached hydrogens (tertiary/aromatic N) is 3. The van der Waals surface area contributed by atoms with E-state index in [1.165, 1.54) is 18.2 Å². The molecule has 0 radical (unpaired) electrons. The van der Waals surface area contributed by atoms with Crippen molar-refractivity contribution in [2.45, 2.75) is 19.0 Å². The van der Waals surface area contributed by atoms with Gasteiger partial charge in [-0.2, -0.15) is 5.10 Å². The van der Waals surface area contributed by atoms with E-state index in [-0.39, 0.29) is 23.6 Å². The highest BCUT2D eigenvalue weighted by Crippen LogP contribution is 2.35. The van der Waals surface area contributed by atoms with E-state index in [0.29, 0.717) is 10.2 Å². The summed E-state index contributed by atoms with van der Waals surface area (Å²) in [7, 11) is 0. The van der Waals surface area contributed by atoms with E-state index in [1.807, 2.05) is 0 Å². The first-order valence-electron chi connectivity index (χ1n) is 6.67. The van der Waals surface area contributed by atoms with Gasteiger partial charge in [0, 0.05) is 11.3 Å². The average Bonchev–Trinajstić information content (AvgIpc) is 2.81. The van der Waals surface area contributed by atoms with Gasteiger partial charge in [0.2, 0.25) is 0 Å². The molecule has 1 aromatic carbocycles. The number of hydrogen-bond acceptors (Lipinski definition) is 4. The monoisotopic (exact) mass is 381 g/mol. The fourth-order valence-electron chi connectivity index (χ4n) is 2.67. The molecule has 1 aliphatic heterocycles. The maximum absolute atomic E-state index is 14.3. The van der Waals surface area contributed by atoms with Gasteiger partial charge in [-0.3, -0.25) is 15.0 Å². The molecule has 2 aromatic rings. The third kappa shape index (κ3) is 2.67. The van der Waals surface area contributed by atoms with E-state index in [1.54, 1.807) is 17.8 Å². The van der Waals surface area contributed by atoms with Crippen LogP contribution >= 0.6 is 15.9 Å². The first-order chi connectivity index (χ1) is 10.8. The molecule has 0 saturated carbocycles. The minimum Gasteiger partial charge on any atom is -0.465 e. The summed E-state index contributed by atoms with van der Waals surface area (Å²) >= 11 is 3.35. The van der Waals surface area contributed by atoms with E-state index in [0.717, 1.165) is 0 Å². The van der Waals surface area contributed by atoms with Crippen molar-refractivity contribution in [1.29, 1.82) is 0 Å². The van der Waals surface area contributed by atoms with Gasteiger partial charge in [0.15, 0.2) is 0 Å². The zero-order valence-corrected chi connectivity index (χ0v) is 13.6. The Morgan fingerprint density at radius 3 is 3.00 bits per heavy atom. The fraction of sp³-hybridized carbons (Fsp3) is 0.214. The standard InChI is InChI=1S/C14H13BrFN5O2/c1-14(6-21-11(12(17)20-14)9(15)5-18-21)8-4-7(19-13(22)23)2-3-10(8)16/h2-5,19H,6H2,1H3,(H2,17,20)(H,22,23). The van der Waals surface area contributed by atoms with Crippen LogP contribution in [0.5, 0.6) is 0 Å². The number of aliphatic imine (C=N–C) groups is 1. The summed E-state index contributed by atoms with van der Waals surface area (Å²) in [5, 5.41) is 15.2. The first-order valence-corrected chi connectivity index (χ1v) is 7.46. The molecule has 0 aliphatic carbocycles. The lowest BCUT2D eigenvalue weighted by molar-refractivity contribution is 0.209. The van der Waals surface area contributed by atoms with Crippen LogP contribution in [0.15, 0.2) is 33.9 Å². The van der Waals surface area contributed by atoms with Crippen LogP contribution in [0.25, 0.3) is 0 Å².